The molecule has 0 aliphatic carbocycles. The Bertz CT molecular complexity index is 419. The number of benzene rings is 1. The van der Waals surface area contributed by atoms with E-state index in [-0.39, 0.29) is 26.9 Å². The van der Waals surface area contributed by atoms with Crippen LogP contribution in [0.15, 0.2) is 30.3 Å². The van der Waals surface area contributed by atoms with Crippen molar-refractivity contribution in [3.05, 3.63) is 30.3 Å². The number of carbonyl (C=O) groups is 2. The standard InChI is InChI=1S/C14H18O4Se/c1-4-18-14(16)12(10(2)13(15)17-3)19-11-8-6-5-7-9-11/h5-10,12H,4H2,1-3H3/t10-,12+/m1/s1. The van der Waals surface area contributed by atoms with Gasteiger partial charge in [-0.2, -0.15) is 0 Å². The molecule has 0 bridgehead atoms. The van der Waals surface area contributed by atoms with E-state index in [9.17, 15) is 9.59 Å². The Kier molecular flexibility index (Phi) is 6.60. The molecule has 0 heterocycles. The first-order valence-corrected chi connectivity index (χ1v) is 7.90. The summed E-state index contributed by atoms with van der Waals surface area (Å²) in [5.41, 5.74) is 0. The average molecular weight is 329 g/mol. The summed E-state index contributed by atoms with van der Waals surface area (Å²) in [7, 11) is 1.33. The fourth-order valence-corrected chi connectivity index (χ4v) is 3.81. The van der Waals surface area contributed by atoms with Crippen LogP contribution in [0.3, 0.4) is 0 Å². The monoisotopic (exact) mass is 330 g/mol. The Labute approximate surface area is 119 Å². The van der Waals surface area contributed by atoms with Crippen molar-refractivity contribution >= 4 is 31.4 Å². The number of ether oxygens (including phenoxy) is 2. The first kappa shape index (κ1) is 15.7. The van der Waals surface area contributed by atoms with Crippen molar-refractivity contribution in [1.82, 2.24) is 0 Å². The average Bonchev–Trinajstić information content (AvgIpc) is 2.44. The van der Waals surface area contributed by atoms with Crippen molar-refractivity contribution in [2.24, 2.45) is 5.92 Å². The van der Waals surface area contributed by atoms with E-state index >= 15 is 0 Å². The van der Waals surface area contributed by atoms with E-state index in [0.29, 0.717) is 6.61 Å². The molecule has 4 nitrogen and oxygen atoms in total. The summed E-state index contributed by atoms with van der Waals surface area (Å²) in [4.78, 5) is 23.2. The van der Waals surface area contributed by atoms with Crippen LogP contribution in [0.5, 0.6) is 0 Å². The predicted molar refractivity (Wildman–Crippen MR) is 73.4 cm³/mol. The summed E-state index contributed by atoms with van der Waals surface area (Å²) in [5, 5.41) is 0. The molecule has 1 rings (SSSR count). The molecule has 5 heteroatoms. The summed E-state index contributed by atoms with van der Waals surface area (Å²) in [6.07, 6.45) is 0. The zero-order valence-corrected chi connectivity index (χ0v) is 13.0. The molecule has 0 amide bonds. The molecule has 0 aliphatic heterocycles. The van der Waals surface area contributed by atoms with E-state index in [2.05, 4.69) is 0 Å². The Morgan fingerprint density at radius 1 is 1.21 bits per heavy atom. The van der Waals surface area contributed by atoms with Crippen LogP contribution in [0.2, 0.25) is 4.82 Å². The van der Waals surface area contributed by atoms with Crippen LogP contribution in [0.4, 0.5) is 0 Å². The predicted octanol–water partition coefficient (Wildman–Crippen LogP) is 1.18. The quantitative estimate of drug-likeness (QED) is 0.581. The van der Waals surface area contributed by atoms with E-state index in [4.69, 9.17) is 9.47 Å². The Hall–Kier alpha value is -1.32. The summed E-state index contributed by atoms with van der Waals surface area (Å²) in [5.74, 6) is -1.20. The van der Waals surface area contributed by atoms with E-state index in [1.807, 2.05) is 30.3 Å². The van der Waals surface area contributed by atoms with E-state index in [1.54, 1.807) is 13.8 Å². The third kappa shape index (κ3) is 4.69. The Balaban J connectivity index is 2.86. The van der Waals surface area contributed by atoms with Crippen molar-refractivity contribution in [2.75, 3.05) is 13.7 Å². The SMILES string of the molecule is CCOC(=O)[C@@H]([Se]c1ccccc1)[C@@H](C)C(=O)OC. The molecule has 0 radical (unpaired) electrons. The summed E-state index contributed by atoms with van der Waals surface area (Å²) in [6, 6.07) is 9.67. The molecule has 19 heavy (non-hydrogen) atoms. The molecule has 0 spiro atoms. The molecule has 1 aromatic rings. The van der Waals surface area contributed by atoms with Crippen LogP contribution in [-0.4, -0.2) is 40.6 Å². The second-order valence-electron chi connectivity index (χ2n) is 3.92. The molecule has 0 N–H and O–H groups in total. The van der Waals surface area contributed by atoms with Gasteiger partial charge in [0.15, 0.2) is 0 Å². The van der Waals surface area contributed by atoms with E-state index in [1.165, 1.54) is 7.11 Å². The maximum absolute atomic E-state index is 12.0. The number of rotatable bonds is 6. The van der Waals surface area contributed by atoms with Gasteiger partial charge in [-0.05, 0) is 0 Å². The fraction of sp³-hybridized carbons (Fsp3) is 0.429. The third-order valence-corrected chi connectivity index (χ3v) is 5.49. The first-order chi connectivity index (χ1) is 9.10. The molecule has 1 aromatic carbocycles. The normalized spacial score (nSPS) is 13.4. The minimum absolute atomic E-state index is 0.166. The molecule has 0 aliphatic rings. The van der Waals surface area contributed by atoms with Crippen LogP contribution in [0.1, 0.15) is 13.8 Å². The number of carbonyl (C=O) groups excluding carboxylic acids is 2. The van der Waals surface area contributed by atoms with E-state index in [0.717, 1.165) is 4.46 Å². The third-order valence-electron chi connectivity index (χ3n) is 2.55. The van der Waals surface area contributed by atoms with Gasteiger partial charge in [-0.3, -0.25) is 0 Å². The van der Waals surface area contributed by atoms with Crippen LogP contribution in [-0.2, 0) is 19.1 Å². The van der Waals surface area contributed by atoms with Gasteiger partial charge in [-0.25, -0.2) is 0 Å². The molecular weight excluding hydrogens is 311 g/mol. The molecule has 0 saturated carbocycles. The molecule has 0 saturated heterocycles. The van der Waals surface area contributed by atoms with Crippen LogP contribution in [0, 0.1) is 5.92 Å². The van der Waals surface area contributed by atoms with Crippen LogP contribution >= 0.6 is 0 Å². The van der Waals surface area contributed by atoms with Gasteiger partial charge in [0, 0.05) is 0 Å². The molecule has 104 valence electrons. The zero-order chi connectivity index (χ0) is 14.3. The second-order valence-corrected chi connectivity index (χ2v) is 6.46. The van der Waals surface area contributed by atoms with Gasteiger partial charge in [0.1, 0.15) is 0 Å². The number of hydrogen-bond donors (Lipinski definition) is 0. The van der Waals surface area contributed by atoms with Crippen molar-refractivity contribution in [2.45, 2.75) is 18.7 Å². The summed E-state index contributed by atoms with van der Waals surface area (Å²) < 4.78 is 10.8. The topological polar surface area (TPSA) is 52.6 Å². The molecule has 0 fully saturated rings. The van der Waals surface area contributed by atoms with Crippen molar-refractivity contribution < 1.29 is 19.1 Å². The van der Waals surface area contributed by atoms with Gasteiger partial charge in [-0.15, -0.1) is 0 Å². The van der Waals surface area contributed by atoms with Gasteiger partial charge in [0.2, 0.25) is 0 Å². The molecular formula is C14H18O4Se. The van der Waals surface area contributed by atoms with Crippen molar-refractivity contribution in [3.63, 3.8) is 0 Å². The van der Waals surface area contributed by atoms with Crippen LogP contribution < -0.4 is 4.46 Å². The molecule has 0 aromatic heterocycles. The number of methoxy groups -OCH3 is 1. The zero-order valence-electron chi connectivity index (χ0n) is 11.3. The first-order valence-electron chi connectivity index (χ1n) is 6.06. The summed E-state index contributed by atoms with van der Waals surface area (Å²) >= 11 is -0.166. The molecule has 0 unspecified atom stereocenters. The second kappa shape index (κ2) is 7.97. The Morgan fingerprint density at radius 3 is 2.37 bits per heavy atom. The van der Waals surface area contributed by atoms with Crippen LogP contribution in [0.25, 0.3) is 0 Å². The number of hydrogen-bond acceptors (Lipinski definition) is 4. The van der Waals surface area contributed by atoms with Gasteiger partial charge >= 0.3 is 119 Å². The van der Waals surface area contributed by atoms with Gasteiger partial charge in [-0.1, -0.05) is 0 Å². The Morgan fingerprint density at radius 2 is 1.84 bits per heavy atom. The van der Waals surface area contributed by atoms with Crippen molar-refractivity contribution in [3.8, 4) is 0 Å². The van der Waals surface area contributed by atoms with E-state index < -0.39 is 10.7 Å². The number of esters is 2. The fourth-order valence-electron chi connectivity index (χ4n) is 1.53. The van der Waals surface area contributed by atoms with Gasteiger partial charge in [0.25, 0.3) is 0 Å². The molecule has 2 atom stereocenters. The van der Waals surface area contributed by atoms with Gasteiger partial charge in [0.05, 0.1) is 0 Å². The van der Waals surface area contributed by atoms with Crippen molar-refractivity contribution in [1.29, 1.82) is 0 Å². The summed E-state index contributed by atoms with van der Waals surface area (Å²) in [6.45, 7) is 3.78. The minimum atomic E-state index is -0.496. The maximum atomic E-state index is 12.0. The van der Waals surface area contributed by atoms with Gasteiger partial charge < -0.3 is 0 Å².